The van der Waals surface area contributed by atoms with Gasteiger partial charge in [0.05, 0.1) is 0 Å². The molecular formula is C19H20ClN3OS. The van der Waals surface area contributed by atoms with Gasteiger partial charge in [0.2, 0.25) is 0 Å². The number of hydrogen-bond acceptors (Lipinski definition) is 4. The fourth-order valence-corrected chi connectivity index (χ4v) is 4.51. The van der Waals surface area contributed by atoms with Crippen molar-refractivity contribution in [2.24, 2.45) is 5.92 Å². The molecule has 130 valence electrons. The van der Waals surface area contributed by atoms with Crippen molar-refractivity contribution in [3.05, 3.63) is 53.3 Å². The molecule has 4 heterocycles. The van der Waals surface area contributed by atoms with Gasteiger partial charge in [0.25, 0.3) is 5.91 Å². The summed E-state index contributed by atoms with van der Waals surface area (Å²) in [5, 5.41) is 3.72. The number of pyridine rings is 1. The molecular weight excluding hydrogens is 354 g/mol. The largest absolute Gasteiger partial charge is 0.348 e. The molecule has 1 aromatic carbocycles. The van der Waals surface area contributed by atoms with E-state index in [1.54, 1.807) is 24.0 Å². The van der Waals surface area contributed by atoms with Gasteiger partial charge in [0, 0.05) is 34.1 Å². The van der Waals surface area contributed by atoms with Crippen LogP contribution in [0.2, 0.25) is 5.15 Å². The Labute approximate surface area is 157 Å². The number of carbonyl (C=O) groups is 1. The van der Waals surface area contributed by atoms with Gasteiger partial charge in [-0.05, 0) is 68.2 Å². The Hall–Kier alpha value is -1.56. The Bertz CT molecular complexity index is 742. The number of nitrogens with one attached hydrogen (secondary N) is 1. The summed E-state index contributed by atoms with van der Waals surface area (Å²) in [5.41, 5.74) is 0.718. The summed E-state index contributed by atoms with van der Waals surface area (Å²) in [6.45, 7) is 3.36. The summed E-state index contributed by atoms with van der Waals surface area (Å²) < 4.78 is 0. The van der Waals surface area contributed by atoms with E-state index in [9.17, 15) is 4.79 Å². The molecule has 2 aromatic rings. The first-order chi connectivity index (χ1) is 12.2. The summed E-state index contributed by atoms with van der Waals surface area (Å²) >= 11 is 7.41. The predicted octanol–water partition coefficient (Wildman–Crippen LogP) is 3.71. The Balaban J connectivity index is 1.38. The molecule has 3 aliphatic rings. The van der Waals surface area contributed by atoms with Crippen LogP contribution < -0.4 is 5.32 Å². The van der Waals surface area contributed by atoms with Crippen LogP contribution >= 0.6 is 23.4 Å². The molecule has 4 nitrogen and oxygen atoms in total. The first-order valence-corrected chi connectivity index (χ1v) is 9.79. The lowest BCUT2D eigenvalue weighted by Crippen LogP contribution is -2.57. The van der Waals surface area contributed by atoms with Gasteiger partial charge < -0.3 is 10.2 Å². The molecule has 3 fully saturated rings. The second-order valence-corrected chi connectivity index (χ2v) is 8.20. The molecule has 1 atom stereocenters. The topological polar surface area (TPSA) is 45.2 Å². The van der Waals surface area contributed by atoms with E-state index >= 15 is 0 Å². The van der Waals surface area contributed by atoms with Crippen LogP contribution in [-0.2, 0) is 0 Å². The molecule has 6 heteroatoms. The normalized spacial score (nSPS) is 24.9. The molecule has 2 bridgehead atoms. The number of benzene rings is 1. The minimum atomic E-state index is 0.0310. The highest BCUT2D eigenvalue weighted by Crippen LogP contribution is 2.29. The van der Waals surface area contributed by atoms with E-state index in [-0.39, 0.29) is 5.91 Å². The molecule has 5 rings (SSSR count). The maximum absolute atomic E-state index is 12.5. The average molecular weight is 374 g/mol. The van der Waals surface area contributed by atoms with Gasteiger partial charge in [-0.25, -0.2) is 4.98 Å². The Morgan fingerprint density at radius 1 is 1.12 bits per heavy atom. The summed E-state index contributed by atoms with van der Waals surface area (Å²) in [5.74, 6) is 0.671. The van der Waals surface area contributed by atoms with Gasteiger partial charge in [-0.15, -0.1) is 0 Å². The van der Waals surface area contributed by atoms with E-state index < -0.39 is 0 Å². The van der Waals surface area contributed by atoms with Gasteiger partial charge in [0.1, 0.15) is 5.15 Å². The highest BCUT2D eigenvalue weighted by molar-refractivity contribution is 7.99. The monoisotopic (exact) mass is 373 g/mol. The van der Waals surface area contributed by atoms with Gasteiger partial charge in [-0.2, -0.15) is 0 Å². The van der Waals surface area contributed by atoms with Crippen LogP contribution in [0.3, 0.4) is 0 Å². The number of piperidine rings is 3. The molecule has 25 heavy (non-hydrogen) atoms. The molecule has 1 N–H and O–H groups in total. The van der Waals surface area contributed by atoms with Gasteiger partial charge in [-0.1, -0.05) is 23.4 Å². The molecule has 0 aliphatic carbocycles. The van der Waals surface area contributed by atoms with Crippen molar-refractivity contribution in [2.75, 3.05) is 19.6 Å². The van der Waals surface area contributed by atoms with Crippen LogP contribution in [0.1, 0.15) is 23.2 Å². The Morgan fingerprint density at radius 3 is 2.44 bits per heavy atom. The third-order valence-electron chi connectivity index (χ3n) is 5.03. The number of aromatic nitrogens is 1. The number of halogens is 1. The SMILES string of the molecule is O=C(NC1CN2CCC1CC2)c1ccc(Sc2ccc(Cl)nc2)cc1. The first-order valence-electron chi connectivity index (χ1n) is 8.60. The van der Waals surface area contributed by atoms with Crippen LogP contribution in [0, 0.1) is 5.92 Å². The molecule has 1 amide bonds. The lowest BCUT2D eigenvalue weighted by Gasteiger charge is -2.44. The predicted molar refractivity (Wildman–Crippen MR) is 100 cm³/mol. The number of amides is 1. The Morgan fingerprint density at radius 2 is 1.84 bits per heavy atom. The number of rotatable bonds is 4. The van der Waals surface area contributed by atoms with Crippen molar-refractivity contribution in [1.29, 1.82) is 0 Å². The number of hydrogen-bond donors (Lipinski definition) is 1. The minimum absolute atomic E-state index is 0.0310. The van der Waals surface area contributed by atoms with Crippen molar-refractivity contribution in [3.8, 4) is 0 Å². The fraction of sp³-hybridized carbons (Fsp3) is 0.368. The zero-order valence-electron chi connectivity index (χ0n) is 13.8. The van der Waals surface area contributed by atoms with E-state index in [0.717, 1.165) is 21.9 Å². The van der Waals surface area contributed by atoms with Gasteiger partial charge in [-0.3, -0.25) is 4.79 Å². The van der Waals surface area contributed by atoms with Crippen molar-refractivity contribution >= 4 is 29.3 Å². The first kappa shape index (κ1) is 16.9. The third kappa shape index (κ3) is 4.00. The van der Waals surface area contributed by atoms with Gasteiger partial charge in [0.15, 0.2) is 0 Å². The lowest BCUT2D eigenvalue weighted by atomic mass is 9.84. The maximum atomic E-state index is 12.5. The average Bonchev–Trinajstić information content (AvgIpc) is 2.65. The van der Waals surface area contributed by atoms with E-state index in [0.29, 0.717) is 17.1 Å². The van der Waals surface area contributed by atoms with Crippen LogP contribution in [0.15, 0.2) is 52.4 Å². The molecule has 1 aromatic heterocycles. The van der Waals surface area contributed by atoms with Crippen LogP contribution in [0.5, 0.6) is 0 Å². The molecule has 3 saturated heterocycles. The van der Waals surface area contributed by atoms with Crippen molar-refractivity contribution < 1.29 is 4.79 Å². The van der Waals surface area contributed by atoms with Gasteiger partial charge >= 0.3 is 0 Å². The molecule has 1 unspecified atom stereocenters. The van der Waals surface area contributed by atoms with Crippen LogP contribution in [-0.4, -0.2) is 41.5 Å². The maximum Gasteiger partial charge on any atom is 0.251 e. The van der Waals surface area contributed by atoms with Crippen molar-refractivity contribution in [1.82, 2.24) is 15.2 Å². The highest BCUT2D eigenvalue weighted by Gasteiger charge is 2.34. The van der Waals surface area contributed by atoms with E-state index in [1.807, 2.05) is 30.3 Å². The quantitative estimate of drug-likeness (QED) is 0.830. The molecule has 0 spiro atoms. The zero-order valence-corrected chi connectivity index (χ0v) is 15.4. The number of nitrogens with zero attached hydrogens (tertiary/aromatic N) is 2. The number of fused-ring (bicyclic) bond motifs is 3. The van der Waals surface area contributed by atoms with E-state index in [4.69, 9.17) is 11.6 Å². The van der Waals surface area contributed by atoms with E-state index in [2.05, 4.69) is 15.2 Å². The molecule has 0 saturated carbocycles. The fourth-order valence-electron chi connectivity index (χ4n) is 3.61. The molecule has 0 radical (unpaired) electrons. The Kier molecular flexibility index (Phi) is 4.97. The summed E-state index contributed by atoms with van der Waals surface area (Å²) in [7, 11) is 0. The smallest absolute Gasteiger partial charge is 0.251 e. The summed E-state index contributed by atoms with van der Waals surface area (Å²) in [6.07, 6.45) is 4.16. The van der Waals surface area contributed by atoms with Crippen LogP contribution in [0.25, 0.3) is 0 Å². The van der Waals surface area contributed by atoms with Crippen molar-refractivity contribution in [2.45, 2.75) is 28.7 Å². The highest BCUT2D eigenvalue weighted by atomic mass is 35.5. The van der Waals surface area contributed by atoms with E-state index in [1.165, 1.54) is 25.9 Å². The zero-order chi connectivity index (χ0) is 17.2. The van der Waals surface area contributed by atoms with Crippen molar-refractivity contribution in [3.63, 3.8) is 0 Å². The number of carbonyl (C=O) groups excluding carboxylic acids is 1. The lowest BCUT2D eigenvalue weighted by molar-refractivity contribution is 0.0620. The van der Waals surface area contributed by atoms with Crippen LogP contribution in [0.4, 0.5) is 0 Å². The summed E-state index contributed by atoms with van der Waals surface area (Å²) in [4.78, 5) is 21.2. The second-order valence-electron chi connectivity index (χ2n) is 6.66. The standard InChI is InChI=1S/C19H20ClN3OS/c20-18-6-5-16(11-21-18)25-15-3-1-14(2-4-15)19(24)22-17-12-23-9-7-13(17)8-10-23/h1-6,11,13,17H,7-10,12H2,(H,22,24). The molecule has 3 aliphatic heterocycles. The summed E-state index contributed by atoms with van der Waals surface area (Å²) in [6, 6.07) is 11.7. The minimum Gasteiger partial charge on any atom is -0.348 e. The second kappa shape index (κ2) is 7.36. The third-order valence-corrected chi connectivity index (χ3v) is 6.23.